The van der Waals surface area contributed by atoms with Gasteiger partial charge in [0, 0.05) is 26.3 Å². The molecule has 166 valence electrons. The Morgan fingerprint density at radius 3 is 2.80 bits per heavy atom. The molecule has 1 amide bonds. The number of aromatic nitrogens is 3. The fraction of sp³-hybridized carbons (Fsp3) is 0.600. The van der Waals surface area contributed by atoms with Crippen LogP contribution in [-0.2, 0) is 11.3 Å². The fourth-order valence-corrected chi connectivity index (χ4v) is 3.38. The highest BCUT2D eigenvalue weighted by molar-refractivity contribution is 14.0. The van der Waals surface area contributed by atoms with Crippen LogP contribution in [0.5, 0.6) is 0 Å². The summed E-state index contributed by atoms with van der Waals surface area (Å²) in [6.07, 6.45) is 4.73. The normalized spacial score (nSPS) is 17.4. The van der Waals surface area contributed by atoms with Gasteiger partial charge in [0.05, 0.1) is 12.6 Å². The third-order valence-corrected chi connectivity index (χ3v) is 4.78. The first-order valence-electron chi connectivity index (χ1n) is 10.1. The standard InChI is InChI=1S/C20H31N7O2.HI/c1-20(2,3)29-19(28)26-11-7-5-9-15(26)13-22-18(21-4)23-14-17-25-24-16-10-6-8-12-27(16)17;/h6,8,10,12,15H,5,7,9,11,13-14H2,1-4H3,(H2,21,22,23);1H. The number of amides is 1. The first-order valence-corrected chi connectivity index (χ1v) is 10.1. The fourth-order valence-electron chi connectivity index (χ4n) is 3.38. The molecule has 0 spiro atoms. The zero-order chi connectivity index (χ0) is 20.9. The molecule has 1 saturated heterocycles. The summed E-state index contributed by atoms with van der Waals surface area (Å²) >= 11 is 0. The number of ether oxygens (including phenoxy) is 1. The van der Waals surface area contributed by atoms with Crippen LogP contribution in [0.25, 0.3) is 5.65 Å². The van der Waals surface area contributed by atoms with Crippen molar-refractivity contribution >= 4 is 41.7 Å². The number of nitrogens with one attached hydrogen (secondary N) is 2. The molecule has 0 aliphatic carbocycles. The number of likely N-dealkylation sites (tertiary alicyclic amines) is 1. The quantitative estimate of drug-likeness (QED) is 0.360. The summed E-state index contributed by atoms with van der Waals surface area (Å²) in [5.41, 5.74) is 0.313. The lowest BCUT2D eigenvalue weighted by Crippen LogP contribution is -2.52. The van der Waals surface area contributed by atoms with Crippen LogP contribution in [0.3, 0.4) is 0 Å². The number of piperidine rings is 1. The molecule has 2 N–H and O–H groups in total. The van der Waals surface area contributed by atoms with Gasteiger partial charge in [0.15, 0.2) is 17.4 Å². The number of fused-ring (bicyclic) bond motifs is 1. The van der Waals surface area contributed by atoms with Gasteiger partial charge in [0.2, 0.25) is 0 Å². The lowest BCUT2D eigenvalue weighted by molar-refractivity contribution is 0.0104. The summed E-state index contributed by atoms with van der Waals surface area (Å²) in [5, 5.41) is 15.0. The Morgan fingerprint density at radius 2 is 2.07 bits per heavy atom. The van der Waals surface area contributed by atoms with Gasteiger partial charge in [-0.15, -0.1) is 34.2 Å². The molecule has 0 bridgehead atoms. The van der Waals surface area contributed by atoms with E-state index in [2.05, 4.69) is 25.8 Å². The van der Waals surface area contributed by atoms with Crippen LogP contribution in [0.4, 0.5) is 4.79 Å². The highest BCUT2D eigenvalue weighted by Crippen LogP contribution is 2.20. The maximum absolute atomic E-state index is 12.6. The van der Waals surface area contributed by atoms with E-state index < -0.39 is 5.60 Å². The second kappa shape index (κ2) is 10.8. The minimum Gasteiger partial charge on any atom is -0.444 e. The van der Waals surface area contributed by atoms with Gasteiger partial charge in [-0.2, -0.15) is 0 Å². The SMILES string of the molecule is CN=C(NCc1nnc2ccccn12)NCC1CCCCN1C(=O)OC(C)(C)C.I. The largest absolute Gasteiger partial charge is 0.444 e. The smallest absolute Gasteiger partial charge is 0.410 e. The zero-order valence-corrected chi connectivity index (χ0v) is 20.4. The van der Waals surface area contributed by atoms with Gasteiger partial charge in [-0.3, -0.25) is 9.39 Å². The molecular weight excluding hydrogens is 497 g/mol. The monoisotopic (exact) mass is 529 g/mol. The number of hydrogen-bond donors (Lipinski definition) is 2. The molecule has 3 rings (SSSR count). The average molecular weight is 529 g/mol. The van der Waals surface area contributed by atoms with Gasteiger partial charge in [0.25, 0.3) is 0 Å². The third kappa shape index (κ3) is 6.44. The molecule has 0 radical (unpaired) electrons. The third-order valence-electron chi connectivity index (χ3n) is 4.78. The topological polar surface area (TPSA) is 96.1 Å². The summed E-state index contributed by atoms with van der Waals surface area (Å²) in [6.45, 7) is 7.50. The van der Waals surface area contributed by atoms with Gasteiger partial charge in [0.1, 0.15) is 5.60 Å². The minimum absolute atomic E-state index is 0. The van der Waals surface area contributed by atoms with Crippen molar-refractivity contribution in [1.82, 2.24) is 30.1 Å². The number of aliphatic imine (C=N–C) groups is 1. The van der Waals surface area contributed by atoms with Crippen LogP contribution in [0, 0.1) is 0 Å². The first-order chi connectivity index (χ1) is 13.9. The Morgan fingerprint density at radius 1 is 1.27 bits per heavy atom. The van der Waals surface area contributed by atoms with E-state index >= 15 is 0 Å². The Labute approximate surface area is 194 Å². The van der Waals surface area contributed by atoms with E-state index in [0.29, 0.717) is 19.0 Å². The summed E-state index contributed by atoms with van der Waals surface area (Å²) in [4.78, 5) is 18.7. The number of hydrogen-bond acceptors (Lipinski definition) is 5. The van der Waals surface area contributed by atoms with Crippen molar-refractivity contribution in [2.24, 2.45) is 4.99 Å². The molecule has 1 aliphatic rings. The first kappa shape index (κ1) is 24.2. The Bertz CT molecular complexity index is 862. The van der Waals surface area contributed by atoms with E-state index in [9.17, 15) is 4.79 Å². The maximum atomic E-state index is 12.6. The van der Waals surface area contributed by atoms with Gasteiger partial charge in [-0.1, -0.05) is 6.07 Å². The van der Waals surface area contributed by atoms with Crippen molar-refractivity contribution < 1.29 is 9.53 Å². The van der Waals surface area contributed by atoms with E-state index in [1.807, 2.05) is 54.5 Å². The molecule has 1 fully saturated rings. The minimum atomic E-state index is -0.495. The Hall–Kier alpha value is -2.11. The number of halogens is 1. The van der Waals surface area contributed by atoms with Crippen molar-refractivity contribution in [3.63, 3.8) is 0 Å². The summed E-state index contributed by atoms with van der Waals surface area (Å²) in [7, 11) is 1.73. The summed E-state index contributed by atoms with van der Waals surface area (Å²) in [6, 6.07) is 5.87. The van der Waals surface area contributed by atoms with Crippen LogP contribution in [0.1, 0.15) is 45.9 Å². The van der Waals surface area contributed by atoms with Crippen LogP contribution >= 0.6 is 24.0 Å². The molecular formula is C20H32IN7O2. The second-order valence-electron chi connectivity index (χ2n) is 8.18. The summed E-state index contributed by atoms with van der Waals surface area (Å²) in [5.74, 6) is 1.46. The van der Waals surface area contributed by atoms with Crippen LogP contribution in [0.2, 0.25) is 0 Å². The lowest BCUT2D eigenvalue weighted by Gasteiger charge is -2.37. The molecule has 10 heteroatoms. The second-order valence-corrected chi connectivity index (χ2v) is 8.18. The molecule has 1 atom stereocenters. The van der Waals surface area contributed by atoms with E-state index in [-0.39, 0.29) is 36.1 Å². The van der Waals surface area contributed by atoms with E-state index in [1.54, 1.807) is 7.05 Å². The molecule has 2 aromatic rings. The average Bonchev–Trinajstić information content (AvgIpc) is 3.10. The molecule has 0 saturated carbocycles. The Balaban J connectivity index is 0.00000320. The van der Waals surface area contributed by atoms with E-state index in [1.165, 1.54) is 0 Å². The summed E-state index contributed by atoms with van der Waals surface area (Å²) < 4.78 is 7.51. The number of pyridine rings is 1. The Kier molecular flexibility index (Phi) is 8.68. The zero-order valence-electron chi connectivity index (χ0n) is 18.1. The predicted molar refractivity (Wildman–Crippen MR) is 127 cm³/mol. The number of carbonyl (C=O) groups excluding carboxylic acids is 1. The predicted octanol–water partition coefficient (Wildman–Crippen LogP) is 2.80. The van der Waals surface area contributed by atoms with Crippen LogP contribution in [0.15, 0.2) is 29.4 Å². The lowest BCUT2D eigenvalue weighted by atomic mass is 10.0. The van der Waals surface area contributed by atoms with Gasteiger partial charge in [-0.25, -0.2) is 4.79 Å². The highest BCUT2D eigenvalue weighted by Gasteiger charge is 2.30. The van der Waals surface area contributed by atoms with Gasteiger partial charge in [-0.05, 0) is 52.2 Å². The molecule has 2 aromatic heterocycles. The van der Waals surface area contributed by atoms with E-state index in [0.717, 1.165) is 37.3 Å². The van der Waals surface area contributed by atoms with Crippen LogP contribution < -0.4 is 10.6 Å². The number of nitrogens with zero attached hydrogens (tertiary/aromatic N) is 5. The number of rotatable bonds is 4. The van der Waals surface area contributed by atoms with Crippen molar-refractivity contribution in [3.05, 3.63) is 30.2 Å². The molecule has 3 heterocycles. The van der Waals surface area contributed by atoms with Crippen molar-refractivity contribution in [2.75, 3.05) is 20.1 Å². The van der Waals surface area contributed by atoms with Crippen LogP contribution in [-0.4, -0.2) is 63.3 Å². The van der Waals surface area contributed by atoms with Crippen molar-refractivity contribution in [1.29, 1.82) is 0 Å². The van der Waals surface area contributed by atoms with Crippen molar-refractivity contribution in [2.45, 2.75) is 58.2 Å². The van der Waals surface area contributed by atoms with Gasteiger partial charge >= 0.3 is 6.09 Å². The number of carbonyl (C=O) groups is 1. The molecule has 1 unspecified atom stereocenters. The molecule has 30 heavy (non-hydrogen) atoms. The van der Waals surface area contributed by atoms with Gasteiger partial charge < -0.3 is 20.3 Å². The van der Waals surface area contributed by atoms with E-state index in [4.69, 9.17) is 4.74 Å². The molecule has 9 nitrogen and oxygen atoms in total. The molecule has 1 aliphatic heterocycles. The number of guanidine groups is 1. The molecule has 0 aromatic carbocycles. The maximum Gasteiger partial charge on any atom is 0.410 e. The highest BCUT2D eigenvalue weighted by atomic mass is 127. The van der Waals surface area contributed by atoms with Crippen molar-refractivity contribution in [3.8, 4) is 0 Å².